The van der Waals surface area contributed by atoms with Crippen LogP contribution in [0.5, 0.6) is 0 Å². The van der Waals surface area contributed by atoms with Gasteiger partial charge in [0.1, 0.15) is 0 Å². The molecular formula is C13H27N3O3S. The summed E-state index contributed by atoms with van der Waals surface area (Å²) in [6.07, 6.45) is 3.45. The van der Waals surface area contributed by atoms with Crippen LogP contribution >= 0.6 is 0 Å². The van der Waals surface area contributed by atoms with E-state index < -0.39 is 10.2 Å². The average Bonchev–Trinajstić information content (AvgIpc) is 2.38. The standard InChI is InChI=1S/C13H27N3O3S/c1-5-7-11(2)14-13(17)12-8-6-9-16(10-12)20(18,19)15(3)4/h11-12H,5-10H2,1-4H3,(H,14,17). The Morgan fingerprint density at radius 1 is 1.45 bits per heavy atom. The minimum atomic E-state index is -3.42. The summed E-state index contributed by atoms with van der Waals surface area (Å²) in [7, 11) is -0.386. The van der Waals surface area contributed by atoms with Crippen LogP contribution in [0.1, 0.15) is 39.5 Å². The molecule has 2 unspecified atom stereocenters. The highest BCUT2D eigenvalue weighted by atomic mass is 32.2. The van der Waals surface area contributed by atoms with E-state index in [-0.39, 0.29) is 24.4 Å². The molecule has 1 N–H and O–H groups in total. The van der Waals surface area contributed by atoms with Crippen molar-refractivity contribution >= 4 is 16.1 Å². The SMILES string of the molecule is CCCC(C)NC(=O)C1CCCN(S(=O)(=O)N(C)C)C1. The summed E-state index contributed by atoms with van der Waals surface area (Å²) in [5, 5.41) is 2.98. The van der Waals surface area contributed by atoms with Gasteiger partial charge in [-0.25, -0.2) is 0 Å². The lowest BCUT2D eigenvalue weighted by Gasteiger charge is -2.33. The lowest BCUT2D eigenvalue weighted by atomic mass is 9.98. The van der Waals surface area contributed by atoms with Crippen molar-refractivity contribution in [1.29, 1.82) is 0 Å². The molecule has 118 valence electrons. The van der Waals surface area contributed by atoms with E-state index in [0.29, 0.717) is 6.54 Å². The number of nitrogens with one attached hydrogen (secondary N) is 1. The van der Waals surface area contributed by atoms with Crippen LogP contribution in [0, 0.1) is 5.92 Å². The number of carbonyl (C=O) groups excluding carboxylic acids is 1. The number of hydrogen-bond acceptors (Lipinski definition) is 3. The molecule has 0 aliphatic carbocycles. The highest BCUT2D eigenvalue weighted by molar-refractivity contribution is 7.86. The molecule has 0 aromatic heterocycles. The Hall–Kier alpha value is -0.660. The van der Waals surface area contributed by atoms with Crippen LogP contribution in [-0.2, 0) is 15.0 Å². The average molecular weight is 305 g/mol. The molecule has 1 rings (SSSR count). The first-order chi connectivity index (χ1) is 9.28. The first-order valence-electron chi connectivity index (χ1n) is 7.27. The van der Waals surface area contributed by atoms with E-state index in [0.717, 1.165) is 25.7 Å². The van der Waals surface area contributed by atoms with Gasteiger partial charge in [0.2, 0.25) is 5.91 Å². The number of carbonyl (C=O) groups is 1. The van der Waals surface area contributed by atoms with Crippen LogP contribution in [0.3, 0.4) is 0 Å². The normalized spacial score (nSPS) is 22.8. The molecule has 1 saturated heterocycles. The van der Waals surface area contributed by atoms with E-state index >= 15 is 0 Å². The van der Waals surface area contributed by atoms with Crippen molar-refractivity contribution in [2.45, 2.75) is 45.6 Å². The number of rotatable bonds is 6. The molecule has 6 nitrogen and oxygen atoms in total. The van der Waals surface area contributed by atoms with Crippen LogP contribution < -0.4 is 5.32 Å². The highest BCUT2D eigenvalue weighted by Crippen LogP contribution is 2.20. The predicted octanol–water partition coefficient (Wildman–Crippen LogP) is 0.810. The molecular weight excluding hydrogens is 278 g/mol. The summed E-state index contributed by atoms with van der Waals surface area (Å²) >= 11 is 0. The Labute approximate surface area is 122 Å². The van der Waals surface area contributed by atoms with Gasteiger partial charge in [0.15, 0.2) is 0 Å². The van der Waals surface area contributed by atoms with E-state index in [4.69, 9.17) is 0 Å². The molecule has 20 heavy (non-hydrogen) atoms. The molecule has 7 heteroatoms. The zero-order chi connectivity index (χ0) is 15.3. The summed E-state index contributed by atoms with van der Waals surface area (Å²) in [6.45, 7) is 4.84. The van der Waals surface area contributed by atoms with Crippen LogP contribution in [0.4, 0.5) is 0 Å². The van der Waals surface area contributed by atoms with Gasteiger partial charge in [0, 0.05) is 33.2 Å². The third-order valence-corrected chi connectivity index (χ3v) is 5.56. The Morgan fingerprint density at radius 2 is 2.10 bits per heavy atom. The topological polar surface area (TPSA) is 69.7 Å². The van der Waals surface area contributed by atoms with Crippen LogP contribution in [0.25, 0.3) is 0 Å². The smallest absolute Gasteiger partial charge is 0.281 e. The summed E-state index contributed by atoms with van der Waals surface area (Å²) < 4.78 is 26.8. The second-order valence-electron chi connectivity index (χ2n) is 5.69. The lowest BCUT2D eigenvalue weighted by molar-refractivity contribution is -0.126. The quantitative estimate of drug-likeness (QED) is 0.789. The van der Waals surface area contributed by atoms with Gasteiger partial charge < -0.3 is 5.32 Å². The molecule has 2 atom stereocenters. The molecule has 0 radical (unpaired) electrons. The molecule has 0 aromatic carbocycles. The summed E-state index contributed by atoms with van der Waals surface area (Å²) in [4.78, 5) is 12.2. The zero-order valence-corrected chi connectivity index (χ0v) is 13.7. The Kier molecular flexibility index (Phi) is 6.42. The molecule has 0 aromatic rings. The first kappa shape index (κ1) is 17.4. The number of amides is 1. The van der Waals surface area contributed by atoms with Crippen molar-refractivity contribution in [3.05, 3.63) is 0 Å². The van der Waals surface area contributed by atoms with Gasteiger partial charge in [0.25, 0.3) is 10.2 Å². The second-order valence-corrected chi connectivity index (χ2v) is 7.83. The monoisotopic (exact) mass is 305 g/mol. The fourth-order valence-electron chi connectivity index (χ4n) is 2.46. The van der Waals surface area contributed by atoms with Crippen LogP contribution in [-0.4, -0.2) is 56.2 Å². The van der Waals surface area contributed by atoms with Crippen molar-refractivity contribution < 1.29 is 13.2 Å². The third-order valence-electron chi connectivity index (χ3n) is 3.65. The molecule has 1 fully saturated rings. The van der Waals surface area contributed by atoms with Gasteiger partial charge in [-0.15, -0.1) is 0 Å². The summed E-state index contributed by atoms with van der Waals surface area (Å²) in [6, 6.07) is 0.147. The molecule has 0 spiro atoms. The Bertz CT molecular complexity index is 423. The third kappa shape index (κ3) is 4.43. The molecule has 1 amide bonds. The van der Waals surface area contributed by atoms with E-state index in [9.17, 15) is 13.2 Å². The van der Waals surface area contributed by atoms with Gasteiger partial charge in [-0.2, -0.15) is 17.0 Å². The van der Waals surface area contributed by atoms with E-state index in [2.05, 4.69) is 12.2 Å². The molecule has 0 saturated carbocycles. The van der Waals surface area contributed by atoms with Crippen LogP contribution in [0.2, 0.25) is 0 Å². The minimum absolute atomic E-state index is 0.0235. The molecule has 1 aliphatic rings. The molecule has 1 heterocycles. The fourth-order valence-corrected chi connectivity index (χ4v) is 3.65. The Balaban J connectivity index is 2.63. The van der Waals surface area contributed by atoms with Gasteiger partial charge in [-0.05, 0) is 26.2 Å². The first-order valence-corrected chi connectivity index (χ1v) is 8.66. The van der Waals surface area contributed by atoms with E-state index in [1.807, 2.05) is 6.92 Å². The van der Waals surface area contributed by atoms with Gasteiger partial charge >= 0.3 is 0 Å². The number of piperidine rings is 1. The van der Waals surface area contributed by atoms with E-state index in [1.165, 1.54) is 22.7 Å². The minimum Gasteiger partial charge on any atom is -0.353 e. The molecule has 0 bridgehead atoms. The summed E-state index contributed by atoms with van der Waals surface area (Å²) in [5.74, 6) is -0.262. The maximum atomic E-state index is 12.2. The predicted molar refractivity (Wildman–Crippen MR) is 79.4 cm³/mol. The van der Waals surface area contributed by atoms with Crippen molar-refractivity contribution in [1.82, 2.24) is 13.9 Å². The van der Waals surface area contributed by atoms with Crippen molar-refractivity contribution in [2.24, 2.45) is 5.92 Å². The van der Waals surface area contributed by atoms with Gasteiger partial charge in [-0.1, -0.05) is 13.3 Å². The number of hydrogen-bond donors (Lipinski definition) is 1. The maximum absolute atomic E-state index is 12.2. The maximum Gasteiger partial charge on any atom is 0.281 e. The summed E-state index contributed by atoms with van der Waals surface area (Å²) in [5.41, 5.74) is 0. The Morgan fingerprint density at radius 3 is 2.65 bits per heavy atom. The van der Waals surface area contributed by atoms with Gasteiger partial charge in [0.05, 0.1) is 5.92 Å². The van der Waals surface area contributed by atoms with Crippen LogP contribution in [0.15, 0.2) is 0 Å². The van der Waals surface area contributed by atoms with Crippen molar-refractivity contribution in [3.63, 3.8) is 0 Å². The van der Waals surface area contributed by atoms with Crippen molar-refractivity contribution in [2.75, 3.05) is 27.2 Å². The second kappa shape index (κ2) is 7.38. The van der Waals surface area contributed by atoms with Gasteiger partial charge in [-0.3, -0.25) is 4.79 Å². The number of nitrogens with zero attached hydrogens (tertiary/aromatic N) is 2. The lowest BCUT2D eigenvalue weighted by Crippen LogP contribution is -2.49. The van der Waals surface area contributed by atoms with Crippen molar-refractivity contribution in [3.8, 4) is 0 Å². The zero-order valence-electron chi connectivity index (χ0n) is 12.9. The largest absolute Gasteiger partial charge is 0.353 e. The molecule has 1 aliphatic heterocycles. The highest BCUT2D eigenvalue weighted by Gasteiger charge is 2.33. The van der Waals surface area contributed by atoms with E-state index in [1.54, 1.807) is 0 Å². The fraction of sp³-hybridized carbons (Fsp3) is 0.923.